The van der Waals surface area contributed by atoms with Gasteiger partial charge in [-0.25, -0.2) is 9.97 Å². The monoisotopic (exact) mass is 584 g/mol. The lowest BCUT2D eigenvalue weighted by atomic mass is 9.86. The van der Waals surface area contributed by atoms with Gasteiger partial charge in [0.2, 0.25) is 0 Å². The van der Waals surface area contributed by atoms with Crippen molar-refractivity contribution in [1.82, 2.24) is 14.5 Å². The second kappa shape index (κ2) is 11.9. The lowest BCUT2D eigenvalue weighted by Crippen LogP contribution is -2.38. The molecule has 0 atom stereocenters. The van der Waals surface area contributed by atoms with Crippen LogP contribution in [0.4, 0.5) is 23.0 Å². The van der Waals surface area contributed by atoms with Gasteiger partial charge in [0.15, 0.2) is 5.82 Å². The van der Waals surface area contributed by atoms with Crippen molar-refractivity contribution in [1.29, 1.82) is 0 Å². The fraction of sp³-hybridized carbons (Fsp3) is 0.312. The molecule has 0 aliphatic carbocycles. The Bertz CT molecular complexity index is 1680. The fourth-order valence-corrected chi connectivity index (χ4v) is 5.88. The molecule has 42 heavy (non-hydrogen) atoms. The highest BCUT2D eigenvalue weighted by atomic mass is 32.2. The number of carbonyl (C=O) groups is 1. The summed E-state index contributed by atoms with van der Waals surface area (Å²) in [5, 5.41) is 6.15. The van der Waals surface area contributed by atoms with Crippen LogP contribution in [-0.2, 0) is 23.3 Å². The molecule has 1 saturated heterocycles. The van der Waals surface area contributed by atoms with Crippen LogP contribution in [0.25, 0.3) is 11.3 Å². The summed E-state index contributed by atoms with van der Waals surface area (Å²) >= 11 is 0. The number of aromatic nitrogens is 3. The first kappa shape index (κ1) is 29.2. The molecule has 0 unspecified atom stereocenters. The first-order chi connectivity index (χ1) is 20.0. The first-order valence-corrected chi connectivity index (χ1v) is 15.4. The number of carbonyl (C=O) groups excluding carboxylic acids is 1. The number of hydrogen-bond donors (Lipinski definition) is 2. The zero-order valence-corrected chi connectivity index (χ0v) is 25.4. The van der Waals surface area contributed by atoms with Crippen LogP contribution in [0.3, 0.4) is 0 Å². The zero-order valence-electron chi connectivity index (χ0n) is 24.6. The molecule has 2 aromatic heterocycles. The molecule has 1 amide bonds. The first-order valence-electron chi connectivity index (χ1n) is 13.9. The van der Waals surface area contributed by atoms with Crippen molar-refractivity contribution in [2.75, 3.05) is 40.1 Å². The number of aryl methyl sites for hydroxylation is 1. The van der Waals surface area contributed by atoms with Crippen molar-refractivity contribution in [2.24, 2.45) is 7.05 Å². The lowest BCUT2D eigenvalue weighted by Gasteiger charge is -2.27. The standard InChI is InChI=1S/C32H36N6O3S/c1-21-25(7-6-8-26(21)36-30(39)22-9-11-23(12-10-22)32(2,3)4)27-20-37(5)31(40)29(35-27)34-24-13-14-28(33-19-24)38-15-17-42(41)18-16-38/h6-14,19-20H,15-18H2,1-5H3,(H,34,35)(H,36,39). The van der Waals surface area contributed by atoms with Gasteiger partial charge in [0.05, 0.1) is 17.6 Å². The van der Waals surface area contributed by atoms with E-state index < -0.39 is 10.8 Å². The average Bonchev–Trinajstić information content (AvgIpc) is 2.97. The number of anilines is 4. The van der Waals surface area contributed by atoms with E-state index >= 15 is 0 Å². The van der Waals surface area contributed by atoms with Gasteiger partial charge in [-0.1, -0.05) is 45.0 Å². The number of nitrogens with one attached hydrogen (secondary N) is 2. The van der Waals surface area contributed by atoms with Crippen molar-refractivity contribution < 1.29 is 9.00 Å². The zero-order chi connectivity index (χ0) is 30.0. The topological polar surface area (TPSA) is 109 Å². The number of amides is 1. The number of pyridine rings is 1. The summed E-state index contributed by atoms with van der Waals surface area (Å²) < 4.78 is 13.2. The van der Waals surface area contributed by atoms with Crippen LogP contribution in [0.15, 0.2) is 71.8 Å². The molecule has 2 N–H and O–H groups in total. The van der Waals surface area contributed by atoms with Gasteiger partial charge in [-0.05, 0) is 53.8 Å². The summed E-state index contributed by atoms with van der Waals surface area (Å²) in [4.78, 5) is 37.3. The van der Waals surface area contributed by atoms with E-state index in [9.17, 15) is 13.8 Å². The Labute approximate surface area is 248 Å². The third-order valence-corrected chi connectivity index (χ3v) is 8.73. The normalized spacial score (nSPS) is 14.1. The number of benzene rings is 2. The van der Waals surface area contributed by atoms with Crippen LogP contribution in [0, 0.1) is 6.92 Å². The minimum atomic E-state index is -0.756. The Hall–Kier alpha value is -4.31. The predicted molar refractivity (Wildman–Crippen MR) is 170 cm³/mol. The van der Waals surface area contributed by atoms with Crippen LogP contribution in [-0.4, -0.2) is 49.2 Å². The van der Waals surface area contributed by atoms with Gasteiger partial charge in [-0.2, -0.15) is 0 Å². The van der Waals surface area contributed by atoms with Gasteiger partial charge >= 0.3 is 0 Å². The smallest absolute Gasteiger partial charge is 0.293 e. The Morgan fingerprint density at radius 1 is 1.00 bits per heavy atom. The maximum atomic E-state index is 13.1. The summed E-state index contributed by atoms with van der Waals surface area (Å²) in [7, 11) is 0.928. The molecule has 218 valence electrons. The molecule has 1 aliphatic rings. The Balaban J connectivity index is 1.36. The fourth-order valence-electron chi connectivity index (χ4n) is 4.83. The molecule has 4 aromatic rings. The summed E-state index contributed by atoms with van der Waals surface area (Å²) in [6, 6.07) is 17.0. The summed E-state index contributed by atoms with van der Waals surface area (Å²) in [5.41, 5.74) is 5.00. The largest absolute Gasteiger partial charge is 0.355 e. The molecule has 0 saturated carbocycles. The van der Waals surface area contributed by atoms with Gasteiger partial charge < -0.3 is 20.1 Å². The molecule has 1 fully saturated rings. The van der Waals surface area contributed by atoms with E-state index in [4.69, 9.17) is 0 Å². The van der Waals surface area contributed by atoms with Crippen molar-refractivity contribution in [3.8, 4) is 11.3 Å². The van der Waals surface area contributed by atoms with E-state index in [1.165, 1.54) is 4.57 Å². The minimum absolute atomic E-state index is 0.00703. The quantitative estimate of drug-likeness (QED) is 0.328. The van der Waals surface area contributed by atoms with Crippen LogP contribution in [0.2, 0.25) is 0 Å². The predicted octanol–water partition coefficient (Wildman–Crippen LogP) is 5.01. The number of hydrogen-bond acceptors (Lipinski definition) is 7. The maximum absolute atomic E-state index is 13.1. The maximum Gasteiger partial charge on any atom is 0.293 e. The Kier molecular flexibility index (Phi) is 8.27. The molecular formula is C32H36N6O3S. The minimum Gasteiger partial charge on any atom is -0.355 e. The van der Waals surface area contributed by atoms with E-state index in [2.05, 4.69) is 46.3 Å². The van der Waals surface area contributed by atoms with Crippen molar-refractivity contribution >= 4 is 39.7 Å². The summed E-state index contributed by atoms with van der Waals surface area (Å²) in [5.74, 6) is 2.07. The van der Waals surface area contributed by atoms with Crippen molar-refractivity contribution in [3.05, 3.63) is 94.0 Å². The van der Waals surface area contributed by atoms with Gasteiger partial charge in [-0.15, -0.1) is 0 Å². The SMILES string of the molecule is Cc1c(NC(=O)c2ccc(C(C)(C)C)cc2)cccc1-c1cn(C)c(=O)c(Nc2ccc(N3CCS(=O)CC3)nc2)n1. The molecule has 0 radical (unpaired) electrons. The lowest BCUT2D eigenvalue weighted by molar-refractivity contribution is 0.102. The number of rotatable bonds is 6. The van der Waals surface area contributed by atoms with E-state index in [0.717, 1.165) is 22.5 Å². The highest BCUT2D eigenvalue weighted by Crippen LogP contribution is 2.29. The molecule has 9 nitrogen and oxygen atoms in total. The van der Waals surface area contributed by atoms with Gasteiger partial charge in [0.25, 0.3) is 11.5 Å². The van der Waals surface area contributed by atoms with E-state index in [1.54, 1.807) is 19.4 Å². The second-order valence-electron chi connectivity index (χ2n) is 11.5. The summed E-state index contributed by atoms with van der Waals surface area (Å²) in [6.07, 6.45) is 3.36. The van der Waals surface area contributed by atoms with Gasteiger partial charge in [0.1, 0.15) is 5.82 Å². The molecule has 10 heteroatoms. The van der Waals surface area contributed by atoms with Crippen LogP contribution < -0.4 is 21.1 Å². The third-order valence-electron chi connectivity index (χ3n) is 7.45. The Morgan fingerprint density at radius 2 is 1.71 bits per heavy atom. The molecular weight excluding hydrogens is 548 g/mol. The molecule has 3 heterocycles. The van der Waals surface area contributed by atoms with Gasteiger partial charge in [0, 0.05) is 65.5 Å². The molecule has 0 bridgehead atoms. The third kappa shape index (κ3) is 6.44. The van der Waals surface area contributed by atoms with E-state index in [1.807, 2.05) is 61.5 Å². The van der Waals surface area contributed by atoms with Crippen LogP contribution in [0.1, 0.15) is 42.3 Å². The Morgan fingerprint density at radius 3 is 2.36 bits per heavy atom. The van der Waals surface area contributed by atoms with Crippen LogP contribution >= 0.6 is 0 Å². The second-order valence-corrected chi connectivity index (χ2v) is 13.2. The molecule has 1 aliphatic heterocycles. The number of nitrogens with zero attached hydrogens (tertiary/aromatic N) is 4. The molecule has 2 aromatic carbocycles. The van der Waals surface area contributed by atoms with Crippen molar-refractivity contribution in [3.63, 3.8) is 0 Å². The van der Waals surface area contributed by atoms with E-state index in [0.29, 0.717) is 47.2 Å². The van der Waals surface area contributed by atoms with Crippen molar-refractivity contribution in [2.45, 2.75) is 33.1 Å². The average molecular weight is 585 g/mol. The molecule has 0 spiro atoms. The molecule has 5 rings (SSSR count). The van der Waals surface area contributed by atoms with E-state index in [-0.39, 0.29) is 22.7 Å². The highest BCUT2D eigenvalue weighted by molar-refractivity contribution is 7.85. The highest BCUT2D eigenvalue weighted by Gasteiger charge is 2.18. The summed E-state index contributed by atoms with van der Waals surface area (Å²) in [6.45, 7) is 9.75. The van der Waals surface area contributed by atoms with Crippen LogP contribution in [0.5, 0.6) is 0 Å². The van der Waals surface area contributed by atoms with Gasteiger partial charge in [-0.3, -0.25) is 13.8 Å².